The van der Waals surface area contributed by atoms with Crippen molar-refractivity contribution in [3.8, 4) is 17.3 Å². The monoisotopic (exact) mass is 523 g/mol. The molecule has 0 saturated heterocycles. The van der Waals surface area contributed by atoms with E-state index in [4.69, 9.17) is 32.9 Å². The Balaban J connectivity index is 1.86. The van der Waals surface area contributed by atoms with Crippen LogP contribution < -0.4 is 5.32 Å². The van der Waals surface area contributed by atoms with Gasteiger partial charge in [-0.3, -0.25) is 4.79 Å². The summed E-state index contributed by atoms with van der Waals surface area (Å²) in [5.41, 5.74) is 3.50. The summed E-state index contributed by atoms with van der Waals surface area (Å²) in [4.78, 5) is 31.0. The minimum Gasteiger partial charge on any atom is -0.462 e. The maximum absolute atomic E-state index is 13.6. The number of pyridine rings is 1. The molecule has 4 aromatic rings. The lowest BCUT2D eigenvalue weighted by Crippen LogP contribution is -2.15. The van der Waals surface area contributed by atoms with Crippen LogP contribution in [0.15, 0.2) is 42.5 Å². The van der Waals surface area contributed by atoms with E-state index in [0.29, 0.717) is 48.9 Å². The van der Waals surface area contributed by atoms with Gasteiger partial charge in [0.15, 0.2) is 0 Å². The van der Waals surface area contributed by atoms with E-state index in [0.717, 1.165) is 11.3 Å². The number of hydrogen-bond acceptors (Lipinski definition) is 6. The molecule has 1 N–H and O–H groups in total. The molecule has 2 aromatic heterocycles. The number of nitrogens with zero attached hydrogens (tertiary/aromatic N) is 2. The highest BCUT2D eigenvalue weighted by molar-refractivity contribution is 7.18. The van der Waals surface area contributed by atoms with E-state index < -0.39 is 11.9 Å². The second-order valence-corrected chi connectivity index (χ2v) is 9.51. The van der Waals surface area contributed by atoms with Crippen molar-refractivity contribution in [1.82, 2.24) is 4.98 Å². The number of benzene rings is 2. The molecular formula is C26H19Cl2N3O3S. The fourth-order valence-corrected chi connectivity index (χ4v) is 5.38. The average Bonchev–Trinajstić information content (AvgIpc) is 3.13. The van der Waals surface area contributed by atoms with Crippen LogP contribution in [0.2, 0.25) is 10.0 Å². The number of nitriles is 1. The molecule has 2 aromatic carbocycles. The Morgan fingerprint density at radius 2 is 1.89 bits per heavy atom. The molecule has 0 fully saturated rings. The Morgan fingerprint density at radius 1 is 1.14 bits per heavy atom. The van der Waals surface area contributed by atoms with Gasteiger partial charge in [0.25, 0.3) is 5.91 Å². The van der Waals surface area contributed by atoms with Gasteiger partial charge >= 0.3 is 5.97 Å². The molecule has 0 aliphatic carbocycles. The summed E-state index contributed by atoms with van der Waals surface area (Å²) in [5, 5.41) is 14.4. The van der Waals surface area contributed by atoms with Crippen LogP contribution in [-0.4, -0.2) is 23.5 Å². The third kappa shape index (κ3) is 4.61. The number of anilines is 1. The number of fused-ring (bicyclic) bond motifs is 1. The van der Waals surface area contributed by atoms with Gasteiger partial charge in [-0.15, -0.1) is 11.3 Å². The van der Waals surface area contributed by atoms with Gasteiger partial charge < -0.3 is 10.1 Å². The third-order valence-corrected chi connectivity index (χ3v) is 7.23. The normalized spacial score (nSPS) is 10.7. The molecule has 0 aliphatic heterocycles. The highest BCUT2D eigenvalue weighted by Crippen LogP contribution is 2.37. The van der Waals surface area contributed by atoms with Crippen molar-refractivity contribution in [1.29, 1.82) is 5.26 Å². The van der Waals surface area contributed by atoms with Crippen LogP contribution in [0.5, 0.6) is 0 Å². The van der Waals surface area contributed by atoms with Crippen molar-refractivity contribution in [3.05, 3.63) is 79.6 Å². The molecule has 4 rings (SSSR count). The largest absolute Gasteiger partial charge is 0.462 e. The first kappa shape index (κ1) is 24.7. The topological polar surface area (TPSA) is 92.1 Å². The zero-order chi connectivity index (χ0) is 25.3. The zero-order valence-electron chi connectivity index (χ0n) is 19.0. The van der Waals surface area contributed by atoms with Gasteiger partial charge in [0, 0.05) is 16.0 Å². The maximum Gasteiger partial charge on any atom is 0.348 e. The molecule has 9 heteroatoms. The summed E-state index contributed by atoms with van der Waals surface area (Å²) in [5.74, 6) is -0.960. The fourth-order valence-electron chi connectivity index (χ4n) is 3.84. The summed E-state index contributed by atoms with van der Waals surface area (Å²) in [7, 11) is 0. The van der Waals surface area contributed by atoms with E-state index in [9.17, 15) is 14.9 Å². The predicted octanol–water partition coefficient (Wildman–Crippen LogP) is 7.19. The van der Waals surface area contributed by atoms with Crippen molar-refractivity contribution in [2.45, 2.75) is 20.8 Å². The number of carbonyl (C=O) groups is 2. The number of nitrogens with one attached hydrogen (secondary N) is 1. The minimum absolute atomic E-state index is 0.206. The summed E-state index contributed by atoms with van der Waals surface area (Å²) in [6.45, 7) is 5.36. The third-order valence-electron chi connectivity index (χ3n) is 5.50. The number of aromatic nitrogens is 1. The Labute approximate surface area is 216 Å². The summed E-state index contributed by atoms with van der Waals surface area (Å²) >= 11 is 13.5. The molecule has 2 heterocycles. The molecule has 0 unspecified atom stereocenters. The number of rotatable bonds is 5. The summed E-state index contributed by atoms with van der Waals surface area (Å²) in [6, 6.07) is 14.5. The second-order valence-electron chi connectivity index (χ2n) is 7.65. The Bertz CT molecular complexity index is 1540. The number of carbonyl (C=O) groups excluding carboxylic acids is 2. The smallest absolute Gasteiger partial charge is 0.348 e. The van der Waals surface area contributed by atoms with Crippen molar-refractivity contribution in [2.24, 2.45) is 0 Å². The van der Waals surface area contributed by atoms with E-state index in [-0.39, 0.29) is 22.0 Å². The maximum atomic E-state index is 13.6. The van der Waals surface area contributed by atoms with Crippen LogP contribution in [0.4, 0.5) is 5.00 Å². The molecule has 35 heavy (non-hydrogen) atoms. The van der Waals surface area contributed by atoms with Crippen LogP contribution in [0, 0.1) is 25.2 Å². The Hall–Kier alpha value is -3.44. The highest BCUT2D eigenvalue weighted by Gasteiger charge is 2.25. The van der Waals surface area contributed by atoms with Crippen molar-refractivity contribution >= 4 is 62.3 Å². The van der Waals surface area contributed by atoms with Crippen LogP contribution >= 0.6 is 34.5 Å². The lowest BCUT2D eigenvalue weighted by Gasteiger charge is -2.15. The lowest BCUT2D eigenvalue weighted by molar-refractivity contribution is 0.0531. The van der Waals surface area contributed by atoms with Gasteiger partial charge in [-0.1, -0.05) is 41.4 Å². The van der Waals surface area contributed by atoms with E-state index in [1.54, 1.807) is 39.0 Å². The molecule has 6 nitrogen and oxygen atoms in total. The number of thiophene rings is 1. The Kier molecular flexibility index (Phi) is 7.08. The first-order valence-electron chi connectivity index (χ1n) is 10.6. The van der Waals surface area contributed by atoms with Gasteiger partial charge in [-0.2, -0.15) is 5.26 Å². The van der Waals surface area contributed by atoms with Gasteiger partial charge in [0.05, 0.1) is 34.0 Å². The minimum atomic E-state index is -0.530. The number of hydrogen-bond donors (Lipinski definition) is 1. The van der Waals surface area contributed by atoms with Gasteiger partial charge in [-0.25, -0.2) is 9.78 Å². The summed E-state index contributed by atoms with van der Waals surface area (Å²) < 4.78 is 5.09. The molecule has 176 valence electrons. The quantitative estimate of drug-likeness (QED) is 0.279. The van der Waals surface area contributed by atoms with E-state index in [1.807, 2.05) is 24.3 Å². The molecule has 0 bridgehead atoms. The molecular weight excluding hydrogens is 505 g/mol. The highest BCUT2D eigenvalue weighted by atomic mass is 35.5. The van der Waals surface area contributed by atoms with Crippen LogP contribution in [0.3, 0.4) is 0 Å². The van der Waals surface area contributed by atoms with E-state index >= 15 is 0 Å². The number of para-hydroxylation sites is 1. The number of halogens is 2. The van der Waals surface area contributed by atoms with Crippen molar-refractivity contribution < 1.29 is 14.3 Å². The lowest BCUT2D eigenvalue weighted by atomic mass is 9.97. The van der Waals surface area contributed by atoms with Crippen molar-refractivity contribution in [3.63, 3.8) is 0 Å². The molecule has 0 aliphatic rings. The zero-order valence-corrected chi connectivity index (χ0v) is 21.4. The average molecular weight is 524 g/mol. The van der Waals surface area contributed by atoms with E-state index in [1.165, 1.54) is 0 Å². The van der Waals surface area contributed by atoms with Crippen LogP contribution in [0.1, 0.15) is 43.6 Å². The standard InChI is InChI=1S/C26H19Cl2N3O3S/c1-4-34-26(33)23-13(2)18(12-29)25(35-23)31-24(32)21-14(3)22(16-10-9-15(27)11-19(16)28)30-20-8-6-5-7-17(20)21/h5-11H,4H2,1-3H3,(H,31,32). The second kappa shape index (κ2) is 10.0. The van der Waals surface area contributed by atoms with Gasteiger partial charge in [-0.05, 0) is 56.2 Å². The number of amides is 1. The summed E-state index contributed by atoms with van der Waals surface area (Å²) in [6.07, 6.45) is 0. The van der Waals surface area contributed by atoms with Gasteiger partial charge in [0.2, 0.25) is 0 Å². The first-order chi connectivity index (χ1) is 16.8. The molecule has 0 spiro atoms. The Morgan fingerprint density at radius 3 is 2.57 bits per heavy atom. The van der Waals surface area contributed by atoms with Crippen LogP contribution in [-0.2, 0) is 4.74 Å². The predicted molar refractivity (Wildman–Crippen MR) is 140 cm³/mol. The molecule has 0 atom stereocenters. The fraction of sp³-hybridized carbons (Fsp3) is 0.154. The number of ether oxygens (including phenoxy) is 1. The van der Waals surface area contributed by atoms with Crippen LogP contribution in [0.25, 0.3) is 22.2 Å². The number of esters is 1. The van der Waals surface area contributed by atoms with Crippen molar-refractivity contribution in [2.75, 3.05) is 11.9 Å². The molecule has 0 saturated carbocycles. The SMILES string of the molecule is CCOC(=O)c1sc(NC(=O)c2c(C)c(-c3ccc(Cl)cc3Cl)nc3ccccc23)c(C#N)c1C. The first-order valence-corrected chi connectivity index (χ1v) is 12.2. The van der Waals surface area contributed by atoms with Gasteiger partial charge in [0.1, 0.15) is 15.9 Å². The van der Waals surface area contributed by atoms with E-state index in [2.05, 4.69) is 11.4 Å². The molecule has 1 amide bonds. The molecule has 0 radical (unpaired) electrons.